The molecule has 21 heavy (non-hydrogen) atoms. The molecule has 3 aromatic rings. The number of thiophene rings is 1. The quantitative estimate of drug-likeness (QED) is 0.746. The van der Waals surface area contributed by atoms with Crippen molar-refractivity contribution in [3.05, 3.63) is 63.8 Å². The first-order valence-corrected chi connectivity index (χ1v) is 7.97. The van der Waals surface area contributed by atoms with E-state index in [0.29, 0.717) is 10.7 Å². The van der Waals surface area contributed by atoms with Crippen LogP contribution >= 0.6 is 22.7 Å². The summed E-state index contributed by atoms with van der Waals surface area (Å²) in [5.74, 6) is -0.189. The first-order valence-electron chi connectivity index (χ1n) is 6.21. The Balaban J connectivity index is 1.94. The first-order chi connectivity index (χ1) is 10.3. The molecule has 0 aliphatic heterocycles. The minimum absolute atomic E-state index is 0.189. The lowest BCUT2D eigenvalue weighted by molar-refractivity contribution is -0.111. The van der Waals surface area contributed by atoms with Crippen LogP contribution in [0.5, 0.6) is 0 Å². The van der Waals surface area contributed by atoms with Crippen LogP contribution in [-0.2, 0) is 4.79 Å². The van der Waals surface area contributed by atoms with Crippen molar-refractivity contribution in [2.24, 2.45) is 0 Å². The zero-order valence-corrected chi connectivity index (χ0v) is 12.5. The van der Waals surface area contributed by atoms with Crippen LogP contribution in [0, 0.1) is 0 Å². The lowest BCUT2D eigenvalue weighted by Crippen LogP contribution is -2.13. The maximum Gasteiger partial charge on any atom is 0.258 e. The molecule has 0 saturated heterocycles. The summed E-state index contributed by atoms with van der Waals surface area (Å²) in [6.07, 6.45) is 1.89. The van der Waals surface area contributed by atoms with Gasteiger partial charge < -0.3 is 0 Å². The van der Waals surface area contributed by atoms with E-state index in [-0.39, 0.29) is 5.91 Å². The van der Waals surface area contributed by atoms with Crippen molar-refractivity contribution in [2.45, 2.75) is 0 Å². The normalized spacial score (nSPS) is 11.3. The van der Waals surface area contributed by atoms with Crippen molar-refractivity contribution in [1.82, 2.24) is 10.2 Å². The second-order valence-electron chi connectivity index (χ2n) is 4.14. The summed E-state index contributed by atoms with van der Waals surface area (Å²) in [4.78, 5) is 13.5. The summed E-state index contributed by atoms with van der Waals surface area (Å²) >= 11 is 2.88. The van der Waals surface area contributed by atoms with Crippen molar-refractivity contribution >= 4 is 45.4 Å². The fourth-order valence-corrected chi connectivity index (χ4v) is 2.90. The van der Waals surface area contributed by atoms with Crippen molar-refractivity contribution in [3.8, 4) is 0 Å². The second kappa shape index (κ2) is 6.43. The van der Waals surface area contributed by atoms with Crippen molar-refractivity contribution in [3.63, 3.8) is 0 Å². The van der Waals surface area contributed by atoms with Gasteiger partial charge in [0.25, 0.3) is 5.91 Å². The number of benzene rings is 1. The number of hydrogen-bond donors (Lipinski definition) is 1. The van der Waals surface area contributed by atoms with E-state index < -0.39 is 0 Å². The molecule has 1 aromatic carbocycles. The van der Waals surface area contributed by atoms with Crippen LogP contribution in [-0.4, -0.2) is 16.1 Å². The Morgan fingerprint density at radius 2 is 1.95 bits per heavy atom. The largest absolute Gasteiger partial charge is 0.296 e. The lowest BCUT2D eigenvalue weighted by Gasteiger charge is -2.07. The highest BCUT2D eigenvalue weighted by atomic mass is 32.1. The molecule has 0 radical (unpaired) electrons. The maximum atomic E-state index is 12.5. The molecule has 1 N–H and O–H groups in total. The van der Waals surface area contributed by atoms with Gasteiger partial charge in [-0.15, -0.1) is 21.5 Å². The zero-order valence-electron chi connectivity index (χ0n) is 10.9. The number of amides is 1. The van der Waals surface area contributed by atoms with Crippen LogP contribution in [0.1, 0.15) is 10.4 Å². The second-order valence-corrected chi connectivity index (χ2v) is 5.95. The summed E-state index contributed by atoms with van der Waals surface area (Å²) in [5, 5.41) is 12.8. The molecule has 0 atom stereocenters. The molecule has 0 spiro atoms. The van der Waals surface area contributed by atoms with Gasteiger partial charge in [-0.05, 0) is 23.1 Å². The van der Waals surface area contributed by atoms with Crippen molar-refractivity contribution < 1.29 is 4.79 Å². The average Bonchev–Trinajstić information content (AvgIpc) is 3.19. The van der Waals surface area contributed by atoms with Gasteiger partial charge in [0.1, 0.15) is 5.51 Å². The van der Waals surface area contributed by atoms with Gasteiger partial charge in [-0.1, -0.05) is 47.7 Å². The first kappa shape index (κ1) is 13.7. The number of carbonyl (C=O) groups is 1. The average molecular weight is 313 g/mol. The molecular formula is C15H11N3OS2. The molecule has 0 bridgehead atoms. The van der Waals surface area contributed by atoms with E-state index in [9.17, 15) is 4.79 Å². The van der Waals surface area contributed by atoms with Crippen LogP contribution in [0.25, 0.3) is 11.6 Å². The van der Waals surface area contributed by atoms with Gasteiger partial charge in [0, 0.05) is 10.5 Å². The van der Waals surface area contributed by atoms with E-state index in [1.165, 1.54) is 11.3 Å². The predicted molar refractivity (Wildman–Crippen MR) is 87.2 cm³/mol. The standard InChI is InChI=1S/C15H11N3OS2/c19-14(17-15-18-16-10-21-15)13(9-12-7-4-8-20-12)11-5-2-1-3-6-11/h1-10H,(H,17,18,19)/b13-9+. The van der Waals surface area contributed by atoms with E-state index in [1.54, 1.807) is 16.8 Å². The van der Waals surface area contributed by atoms with Crippen LogP contribution < -0.4 is 5.32 Å². The van der Waals surface area contributed by atoms with E-state index in [1.807, 2.05) is 53.9 Å². The highest BCUT2D eigenvalue weighted by Gasteiger charge is 2.13. The van der Waals surface area contributed by atoms with Gasteiger partial charge >= 0.3 is 0 Å². The number of hydrogen-bond acceptors (Lipinski definition) is 5. The summed E-state index contributed by atoms with van der Waals surface area (Å²) in [7, 11) is 0. The molecular weight excluding hydrogens is 302 g/mol. The minimum atomic E-state index is -0.189. The van der Waals surface area contributed by atoms with Crippen LogP contribution in [0.2, 0.25) is 0 Å². The number of nitrogens with zero attached hydrogens (tertiary/aromatic N) is 2. The molecule has 0 aliphatic carbocycles. The van der Waals surface area contributed by atoms with Crippen molar-refractivity contribution in [2.75, 3.05) is 5.32 Å². The molecule has 4 nitrogen and oxygen atoms in total. The summed E-state index contributed by atoms with van der Waals surface area (Å²) in [6, 6.07) is 13.5. The van der Waals surface area contributed by atoms with E-state index in [4.69, 9.17) is 0 Å². The van der Waals surface area contributed by atoms with E-state index in [2.05, 4.69) is 15.5 Å². The van der Waals surface area contributed by atoms with Gasteiger partial charge in [0.2, 0.25) is 5.13 Å². The van der Waals surface area contributed by atoms with Crippen LogP contribution in [0.4, 0.5) is 5.13 Å². The van der Waals surface area contributed by atoms with Gasteiger partial charge in [-0.3, -0.25) is 10.1 Å². The Labute approximate surface area is 129 Å². The Kier molecular flexibility index (Phi) is 4.18. The van der Waals surface area contributed by atoms with E-state index >= 15 is 0 Å². The third-order valence-electron chi connectivity index (χ3n) is 2.74. The van der Waals surface area contributed by atoms with Crippen LogP contribution in [0.3, 0.4) is 0 Å². The topological polar surface area (TPSA) is 54.9 Å². The monoisotopic (exact) mass is 313 g/mol. The molecule has 0 saturated carbocycles. The third-order valence-corrected chi connectivity index (χ3v) is 4.17. The molecule has 3 rings (SSSR count). The molecule has 0 fully saturated rings. The highest BCUT2D eigenvalue weighted by molar-refractivity contribution is 7.13. The summed E-state index contributed by atoms with van der Waals surface area (Å²) in [6.45, 7) is 0. The number of anilines is 1. The third kappa shape index (κ3) is 3.42. The van der Waals surface area contributed by atoms with Crippen molar-refractivity contribution in [1.29, 1.82) is 0 Å². The Hall–Kier alpha value is -2.31. The molecule has 2 aromatic heterocycles. The minimum Gasteiger partial charge on any atom is -0.296 e. The molecule has 6 heteroatoms. The fraction of sp³-hybridized carbons (Fsp3) is 0. The number of aromatic nitrogens is 2. The lowest BCUT2D eigenvalue weighted by atomic mass is 10.0. The van der Waals surface area contributed by atoms with Gasteiger partial charge in [0.15, 0.2) is 0 Å². The summed E-state index contributed by atoms with van der Waals surface area (Å²) < 4.78 is 0. The highest BCUT2D eigenvalue weighted by Crippen LogP contribution is 2.23. The molecule has 0 aliphatic rings. The summed E-state index contributed by atoms with van der Waals surface area (Å²) in [5.41, 5.74) is 3.06. The van der Waals surface area contributed by atoms with Gasteiger partial charge in [0.05, 0.1) is 0 Å². The van der Waals surface area contributed by atoms with E-state index in [0.717, 1.165) is 10.4 Å². The van der Waals surface area contributed by atoms with Crippen LogP contribution in [0.15, 0.2) is 53.4 Å². The maximum absolute atomic E-state index is 12.5. The van der Waals surface area contributed by atoms with Gasteiger partial charge in [-0.2, -0.15) is 0 Å². The Morgan fingerprint density at radius 3 is 2.62 bits per heavy atom. The Bertz CT molecular complexity index is 735. The number of rotatable bonds is 4. The Morgan fingerprint density at radius 1 is 1.10 bits per heavy atom. The molecule has 1 amide bonds. The molecule has 2 heterocycles. The van der Waals surface area contributed by atoms with Gasteiger partial charge in [-0.25, -0.2) is 0 Å². The predicted octanol–water partition coefficient (Wildman–Crippen LogP) is 3.78. The molecule has 104 valence electrons. The smallest absolute Gasteiger partial charge is 0.258 e. The SMILES string of the molecule is O=C(Nc1nncs1)/C(=C/c1cccs1)c1ccccc1. The molecule has 0 unspecified atom stereocenters. The fourth-order valence-electron chi connectivity index (χ4n) is 1.81. The number of nitrogens with one attached hydrogen (secondary N) is 1. The zero-order chi connectivity index (χ0) is 14.5. The number of carbonyl (C=O) groups excluding carboxylic acids is 1.